The fourth-order valence-electron chi connectivity index (χ4n) is 4.25. The van der Waals surface area contributed by atoms with E-state index in [0.717, 1.165) is 37.2 Å². The first-order valence-electron chi connectivity index (χ1n) is 13.8. The zero-order chi connectivity index (χ0) is 23.9. The van der Waals surface area contributed by atoms with Crippen LogP contribution in [0.4, 0.5) is 0 Å². The molecule has 188 valence electrons. The van der Waals surface area contributed by atoms with Gasteiger partial charge < -0.3 is 8.83 Å². The van der Waals surface area contributed by atoms with Crippen LogP contribution in [0.1, 0.15) is 114 Å². The molecule has 0 unspecified atom stereocenters. The molecule has 2 rings (SSSR count). The van der Waals surface area contributed by atoms with E-state index in [2.05, 4.69) is 12.1 Å². The number of carbonyl (C=O) groups excluding carboxylic acids is 1. The summed E-state index contributed by atoms with van der Waals surface area (Å²) in [4.78, 5) is 11.9. The van der Waals surface area contributed by atoms with Crippen LogP contribution in [0, 0.1) is 0 Å². The summed E-state index contributed by atoms with van der Waals surface area (Å²) in [7, 11) is 0. The summed E-state index contributed by atoms with van der Waals surface area (Å²) in [5, 5.41) is 0. The molecule has 0 saturated heterocycles. The predicted octanol–water partition coefficient (Wildman–Crippen LogP) is 9.58. The number of hydrogen-bond donors (Lipinski definition) is 0. The van der Waals surface area contributed by atoms with Crippen LogP contribution in [-0.4, -0.2) is 5.78 Å². The van der Waals surface area contributed by atoms with Crippen molar-refractivity contribution in [3.8, 4) is 0 Å². The minimum atomic E-state index is 0.133. The molecule has 0 aliphatic heterocycles. The van der Waals surface area contributed by atoms with E-state index in [1.807, 2.05) is 24.3 Å². The summed E-state index contributed by atoms with van der Waals surface area (Å²) < 4.78 is 10.7. The molecule has 34 heavy (non-hydrogen) atoms. The molecule has 2 aromatic rings. The quantitative estimate of drug-likeness (QED) is 0.128. The van der Waals surface area contributed by atoms with Crippen LogP contribution in [0.15, 0.2) is 69.9 Å². The van der Waals surface area contributed by atoms with Crippen LogP contribution in [0.2, 0.25) is 0 Å². The summed E-state index contributed by atoms with van der Waals surface area (Å²) in [6.07, 6.45) is 33.0. The largest absolute Gasteiger partial charge is 0.469 e. The Bertz CT molecular complexity index is 688. The second-order valence-corrected chi connectivity index (χ2v) is 9.39. The van der Waals surface area contributed by atoms with Gasteiger partial charge in [-0.2, -0.15) is 0 Å². The van der Waals surface area contributed by atoms with E-state index in [0.29, 0.717) is 0 Å². The van der Waals surface area contributed by atoms with Gasteiger partial charge in [-0.15, -0.1) is 0 Å². The van der Waals surface area contributed by atoms with Crippen LogP contribution in [0.5, 0.6) is 0 Å². The first-order valence-corrected chi connectivity index (χ1v) is 13.8. The molecule has 0 amide bonds. The highest BCUT2D eigenvalue weighted by Crippen LogP contribution is 2.13. The first-order chi connectivity index (χ1) is 16.8. The minimum Gasteiger partial charge on any atom is -0.469 e. The number of allylic oxidation sites excluding steroid dienone is 4. The maximum Gasteiger partial charge on any atom is 0.177 e. The molecule has 0 aliphatic rings. The van der Waals surface area contributed by atoms with Gasteiger partial charge in [-0.25, -0.2) is 0 Å². The number of aryl methyl sites for hydroxylation is 2. The Labute approximate surface area is 207 Å². The van der Waals surface area contributed by atoms with Crippen molar-refractivity contribution in [2.75, 3.05) is 0 Å². The van der Waals surface area contributed by atoms with Gasteiger partial charge in [-0.3, -0.25) is 4.79 Å². The van der Waals surface area contributed by atoms with E-state index in [9.17, 15) is 4.79 Å². The van der Waals surface area contributed by atoms with E-state index in [1.165, 1.54) is 89.9 Å². The Balaban J connectivity index is 1.28. The van der Waals surface area contributed by atoms with E-state index in [4.69, 9.17) is 8.83 Å². The Morgan fingerprint density at radius 1 is 0.559 bits per heavy atom. The predicted molar refractivity (Wildman–Crippen MR) is 142 cm³/mol. The monoisotopic (exact) mass is 466 g/mol. The lowest BCUT2D eigenvalue weighted by Crippen LogP contribution is -1.86. The molecule has 2 aromatic heterocycles. The van der Waals surface area contributed by atoms with Crippen molar-refractivity contribution in [3.05, 3.63) is 72.6 Å². The van der Waals surface area contributed by atoms with Gasteiger partial charge in [-0.05, 0) is 74.9 Å². The summed E-state index contributed by atoms with van der Waals surface area (Å²) in [6, 6.07) is 8.04. The molecule has 0 N–H and O–H groups in total. The Morgan fingerprint density at radius 2 is 0.941 bits per heavy atom. The maximum absolute atomic E-state index is 11.9. The van der Waals surface area contributed by atoms with Crippen molar-refractivity contribution in [1.29, 1.82) is 0 Å². The smallest absolute Gasteiger partial charge is 0.177 e. The Hall–Kier alpha value is -2.29. The number of hydrogen-bond acceptors (Lipinski definition) is 3. The van der Waals surface area contributed by atoms with Gasteiger partial charge >= 0.3 is 0 Å². The molecule has 0 fully saturated rings. The van der Waals surface area contributed by atoms with Crippen LogP contribution < -0.4 is 0 Å². The topological polar surface area (TPSA) is 43.4 Å². The highest BCUT2D eigenvalue weighted by molar-refractivity contribution is 5.99. The minimum absolute atomic E-state index is 0.133. The van der Waals surface area contributed by atoms with E-state index >= 15 is 0 Å². The molecule has 0 bridgehead atoms. The second kappa shape index (κ2) is 20.1. The number of ketones is 1. The molecule has 2 heterocycles. The van der Waals surface area contributed by atoms with Crippen LogP contribution in [0.25, 0.3) is 0 Å². The van der Waals surface area contributed by atoms with Crippen molar-refractivity contribution >= 4 is 5.78 Å². The second-order valence-electron chi connectivity index (χ2n) is 9.39. The fraction of sp³-hybridized carbons (Fsp3) is 0.581. The molecule has 0 aliphatic carbocycles. The lowest BCUT2D eigenvalue weighted by Gasteiger charge is -2.01. The third kappa shape index (κ3) is 15.5. The molecule has 0 aromatic carbocycles. The fourth-order valence-corrected chi connectivity index (χ4v) is 4.25. The molecule has 0 saturated carbocycles. The molecule has 3 heteroatoms. The van der Waals surface area contributed by atoms with Gasteiger partial charge in [0, 0.05) is 12.8 Å². The van der Waals surface area contributed by atoms with E-state index in [1.54, 1.807) is 24.7 Å². The van der Waals surface area contributed by atoms with Crippen LogP contribution >= 0.6 is 0 Å². The summed E-state index contributed by atoms with van der Waals surface area (Å²) in [6.45, 7) is 0. The molecule has 0 spiro atoms. The summed E-state index contributed by atoms with van der Waals surface area (Å²) >= 11 is 0. The summed E-state index contributed by atoms with van der Waals surface area (Å²) in [5.41, 5.74) is 0. The summed E-state index contributed by atoms with van der Waals surface area (Å²) in [5.74, 6) is 2.35. The lowest BCUT2D eigenvalue weighted by molar-refractivity contribution is -0.110. The zero-order valence-corrected chi connectivity index (χ0v) is 21.2. The third-order valence-electron chi connectivity index (χ3n) is 6.31. The number of furan rings is 2. The van der Waals surface area contributed by atoms with Crippen molar-refractivity contribution in [2.24, 2.45) is 0 Å². The van der Waals surface area contributed by atoms with Crippen LogP contribution in [-0.2, 0) is 17.6 Å². The van der Waals surface area contributed by atoms with Crippen molar-refractivity contribution in [2.45, 2.75) is 116 Å². The molecule has 0 atom stereocenters. The number of unbranched alkanes of at least 4 members (excludes halogenated alkanes) is 14. The van der Waals surface area contributed by atoms with Gasteiger partial charge in [0.1, 0.15) is 11.5 Å². The lowest BCUT2D eigenvalue weighted by atomic mass is 10.1. The van der Waals surface area contributed by atoms with Crippen molar-refractivity contribution < 1.29 is 13.6 Å². The molecule has 3 nitrogen and oxygen atoms in total. The van der Waals surface area contributed by atoms with E-state index < -0.39 is 0 Å². The third-order valence-corrected chi connectivity index (χ3v) is 6.31. The standard InChI is InChI=1S/C31H46O3/c32-29(21-15-11-7-3-1-5-9-13-17-23-30-25-19-27-33-30)22-16-12-8-4-2-6-10-14-18-24-31-26-20-28-34-31/h15-16,19-22,25-28H,1-14,17-18,23-24H2. The van der Waals surface area contributed by atoms with Crippen molar-refractivity contribution in [3.63, 3.8) is 0 Å². The highest BCUT2D eigenvalue weighted by atomic mass is 16.3. The maximum atomic E-state index is 11.9. The van der Waals surface area contributed by atoms with Gasteiger partial charge in [0.05, 0.1) is 12.5 Å². The first kappa shape index (κ1) is 28.0. The molecular weight excluding hydrogens is 420 g/mol. The Morgan fingerprint density at radius 3 is 1.32 bits per heavy atom. The number of rotatable bonds is 22. The van der Waals surface area contributed by atoms with Gasteiger partial charge in [-0.1, -0.05) is 76.4 Å². The highest BCUT2D eigenvalue weighted by Gasteiger charge is 1.97. The SMILES string of the molecule is O=C(C=CCCCCCCCCCc1ccco1)C=CCCCCCCCCCc1ccco1. The Kier molecular flexibility index (Phi) is 16.5. The van der Waals surface area contributed by atoms with Gasteiger partial charge in [0.25, 0.3) is 0 Å². The van der Waals surface area contributed by atoms with Gasteiger partial charge in [0.2, 0.25) is 0 Å². The number of carbonyl (C=O) groups is 1. The van der Waals surface area contributed by atoms with Gasteiger partial charge in [0.15, 0.2) is 5.78 Å². The van der Waals surface area contributed by atoms with Crippen LogP contribution in [0.3, 0.4) is 0 Å². The molecule has 0 radical (unpaired) electrons. The molecular formula is C31H46O3. The average molecular weight is 467 g/mol. The zero-order valence-electron chi connectivity index (χ0n) is 21.2. The normalized spacial score (nSPS) is 11.8. The van der Waals surface area contributed by atoms with E-state index in [-0.39, 0.29) is 5.78 Å². The average Bonchev–Trinajstić information content (AvgIpc) is 3.55. The van der Waals surface area contributed by atoms with Crippen molar-refractivity contribution in [1.82, 2.24) is 0 Å².